The van der Waals surface area contributed by atoms with E-state index in [1.54, 1.807) is 0 Å². The van der Waals surface area contributed by atoms with Gasteiger partial charge in [-0.15, -0.1) is 5.11 Å². The van der Waals surface area contributed by atoms with E-state index in [4.69, 9.17) is 10.6 Å². The van der Waals surface area contributed by atoms with Gasteiger partial charge in [-0.1, -0.05) is 24.5 Å². The van der Waals surface area contributed by atoms with Crippen LogP contribution in [0.2, 0.25) is 0 Å². The number of ether oxygens (including phenoxy) is 1. The topological polar surface area (TPSA) is 72.0 Å². The summed E-state index contributed by atoms with van der Waals surface area (Å²) in [6.45, 7) is 0.776. The summed E-state index contributed by atoms with van der Waals surface area (Å²) in [5.41, 5.74) is 0. The van der Waals surface area contributed by atoms with Crippen LogP contribution in [0.5, 0.6) is 0 Å². The van der Waals surface area contributed by atoms with E-state index in [0.29, 0.717) is 5.92 Å². The van der Waals surface area contributed by atoms with Crippen molar-refractivity contribution in [2.24, 2.45) is 22.1 Å². The van der Waals surface area contributed by atoms with Crippen LogP contribution in [0, 0.1) is 5.92 Å². The zero-order valence-corrected chi connectivity index (χ0v) is 10.0. The summed E-state index contributed by atoms with van der Waals surface area (Å²) in [7, 11) is 0. The Morgan fingerprint density at radius 2 is 2.18 bits per heavy atom. The number of hydrogen-bond donors (Lipinski definition) is 2. The molecule has 1 heterocycles. The first kappa shape index (κ1) is 12.0. The number of dihydropyridines is 1. The first-order valence-electron chi connectivity index (χ1n) is 6.26. The molecule has 1 unspecified atom stereocenters. The Morgan fingerprint density at radius 3 is 2.94 bits per heavy atom. The minimum absolute atomic E-state index is 0.270. The highest BCUT2D eigenvalue weighted by atomic mass is 16.5. The van der Waals surface area contributed by atoms with Crippen molar-refractivity contribution < 1.29 is 4.74 Å². The van der Waals surface area contributed by atoms with E-state index in [1.807, 2.05) is 18.4 Å². The highest BCUT2D eigenvalue weighted by Gasteiger charge is 2.19. The van der Waals surface area contributed by atoms with E-state index < -0.39 is 0 Å². The number of rotatable bonds is 4. The Bertz CT molecular complexity index is 318. The summed E-state index contributed by atoms with van der Waals surface area (Å²) in [6, 6.07) is 0. The second-order valence-corrected chi connectivity index (χ2v) is 4.54. The number of nitrogens with zero attached hydrogens (tertiary/aromatic N) is 2. The van der Waals surface area contributed by atoms with Gasteiger partial charge in [0.1, 0.15) is 5.76 Å². The number of hydrogen-bond acceptors (Lipinski definition) is 4. The van der Waals surface area contributed by atoms with Crippen LogP contribution in [-0.2, 0) is 4.74 Å². The molecule has 2 rings (SSSR count). The molecular weight excluding hydrogens is 216 g/mol. The molecule has 3 N–H and O–H groups in total. The maximum absolute atomic E-state index is 5.83. The molecule has 0 aromatic rings. The molecular formula is C12H20N4O. The third kappa shape index (κ3) is 3.47. The van der Waals surface area contributed by atoms with E-state index in [-0.39, 0.29) is 6.17 Å². The Kier molecular flexibility index (Phi) is 4.41. The number of allylic oxidation sites excluding steroid dienone is 2. The van der Waals surface area contributed by atoms with Crippen LogP contribution in [0.3, 0.4) is 0 Å². The number of nitrogens with two attached hydrogens (primary N) is 1. The molecule has 0 radical (unpaired) electrons. The van der Waals surface area contributed by atoms with Crippen LogP contribution < -0.4 is 11.2 Å². The maximum Gasteiger partial charge on any atom is 0.199 e. The lowest BCUT2D eigenvalue weighted by atomic mass is 9.90. The number of nitrogens with one attached hydrogen (secondary N) is 1. The molecule has 2 aliphatic rings. The van der Waals surface area contributed by atoms with Crippen LogP contribution in [0.15, 0.2) is 34.4 Å². The highest BCUT2D eigenvalue weighted by Crippen LogP contribution is 2.25. The second kappa shape index (κ2) is 6.27. The van der Waals surface area contributed by atoms with Gasteiger partial charge < -0.3 is 15.9 Å². The van der Waals surface area contributed by atoms with Crippen molar-refractivity contribution in [3.63, 3.8) is 0 Å². The SMILES string of the molecule is NN=NC1NC=CC=C1OCC1CCCCC1. The van der Waals surface area contributed by atoms with Crippen molar-refractivity contribution in [2.45, 2.75) is 38.3 Å². The highest BCUT2D eigenvalue weighted by molar-refractivity contribution is 5.17. The van der Waals surface area contributed by atoms with Gasteiger partial charge in [0.15, 0.2) is 6.17 Å². The fraction of sp³-hybridized carbons (Fsp3) is 0.667. The molecule has 17 heavy (non-hydrogen) atoms. The molecule has 5 heteroatoms. The van der Waals surface area contributed by atoms with Crippen LogP contribution in [0.25, 0.3) is 0 Å². The Hall–Kier alpha value is -1.52. The lowest BCUT2D eigenvalue weighted by Crippen LogP contribution is -2.29. The van der Waals surface area contributed by atoms with Crippen molar-refractivity contribution in [3.8, 4) is 0 Å². The summed E-state index contributed by atoms with van der Waals surface area (Å²) in [5, 5.41) is 10.2. The summed E-state index contributed by atoms with van der Waals surface area (Å²) in [5.74, 6) is 6.56. The van der Waals surface area contributed by atoms with E-state index in [9.17, 15) is 0 Å². The van der Waals surface area contributed by atoms with Gasteiger partial charge in [-0.05, 0) is 37.1 Å². The molecule has 1 aliphatic carbocycles. The monoisotopic (exact) mass is 236 g/mol. The lowest BCUT2D eigenvalue weighted by molar-refractivity contribution is 0.127. The van der Waals surface area contributed by atoms with Gasteiger partial charge in [0, 0.05) is 0 Å². The fourth-order valence-corrected chi connectivity index (χ4v) is 2.31. The zero-order chi connectivity index (χ0) is 11.9. The lowest BCUT2D eigenvalue weighted by Gasteiger charge is -2.24. The minimum atomic E-state index is -0.270. The normalized spacial score (nSPS) is 25.6. The molecule has 0 bridgehead atoms. The van der Waals surface area contributed by atoms with Crippen molar-refractivity contribution in [2.75, 3.05) is 6.61 Å². The Labute approximate surface area is 102 Å². The van der Waals surface area contributed by atoms with Crippen molar-refractivity contribution in [1.29, 1.82) is 0 Å². The van der Waals surface area contributed by atoms with Gasteiger partial charge >= 0.3 is 0 Å². The summed E-state index contributed by atoms with van der Waals surface area (Å²) >= 11 is 0. The van der Waals surface area contributed by atoms with Crippen molar-refractivity contribution in [1.82, 2.24) is 5.32 Å². The van der Waals surface area contributed by atoms with Crippen LogP contribution in [0.1, 0.15) is 32.1 Å². The average Bonchev–Trinajstić information content (AvgIpc) is 2.39. The third-order valence-electron chi connectivity index (χ3n) is 3.27. The molecule has 1 atom stereocenters. The van der Waals surface area contributed by atoms with Gasteiger partial charge in [0.05, 0.1) is 6.61 Å². The van der Waals surface area contributed by atoms with E-state index in [1.165, 1.54) is 32.1 Å². The quantitative estimate of drug-likeness (QED) is 0.446. The summed E-state index contributed by atoms with van der Waals surface area (Å²) < 4.78 is 5.83. The standard InChI is InChI=1S/C12H20N4O/c13-16-15-12-11(7-4-8-14-12)17-9-10-5-2-1-3-6-10/h4,7-8,10,12,14H,1-3,5-6,9H2,(H2,13,15). The second-order valence-electron chi connectivity index (χ2n) is 4.54. The third-order valence-corrected chi connectivity index (χ3v) is 3.27. The zero-order valence-electron chi connectivity index (χ0n) is 10.0. The van der Waals surface area contributed by atoms with Gasteiger partial charge in [-0.3, -0.25) is 0 Å². The molecule has 0 aromatic carbocycles. The first-order valence-corrected chi connectivity index (χ1v) is 6.26. The first-order chi connectivity index (χ1) is 8.40. The van der Waals surface area contributed by atoms with Gasteiger partial charge in [0.25, 0.3) is 0 Å². The van der Waals surface area contributed by atoms with Crippen molar-refractivity contribution >= 4 is 0 Å². The predicted molar refractivity (Wildman–Crippen MR) is 65.7 cm³/mol. The fourth-order valence-electron chi connectivity index (χ4n) is 2.31. The summed E-state index contributed by atoms with van der Waals surface area (Å²) in [4.78, 5) is 0. The largest absolute Gasteiger partial charge is 0.493 e. The van der Waals surface area contributed by atoms with Gasteiger partial charge in [0.2, 0.25) is 0 Å². The molecule has 0 aromatic heterocycles. The van der Waals surface area contributed by atoms with E-state index >= 15 is 0 Å². The van der Waals surface area contributed by atoms with Gasteiger partial charge in [-0.2, -0.15) is 0 Å². The molecule has 0 spiro atoms. The minimum Gasteiger partial charge on any atom is -0.493 e. The molecule has 94 valence electrons. The van der Waals surface area contributed by atoms with Crippen LogP contribution in [0.4, 0.5) is 0 Å². The molecule has 1 aliphatic heterocycles. The Balaban J connectivity index is 1.83. The molecule has 1 fully saturated rings. The van der Waals surface area contributed by atoms with Crippen LogP contribution in [-0.4, -0.2) is 12.8 Å². The average molecular weight is 236 g/mol. The van der Waals surface area contributed by atoms with Crippen molar-refractivity contribution in [3.05, 3.63) is 24.1 Å². The summed E-state index contributed by atoms with van der Waals surface area (Å²) in [6.07, 6.45) is 11.9. The smallest absolute Gasteiger partial charge is 0.199 e. The molecule has 5 nitrogen and oxygen atoms in total. The molecule has 0 amide bonds. The maximum atomic E-state index is 5.83. The molecule has 0 saturated heterocycles. The molecule has 1 saturated carbocycles. The Morgan fingerprint density at radius 1 is 1.35 bits per heavy atom. The van der Waals surface area contributed by atoms with E-state index in [0.717, 1.165) is 12.4 Å². The van der Waals surface area contributed by atoms with Crippen LogP contribution >= 0.6 is 0 Å². The predicted octanol–water partition coefficient (Wildman–Crippen LogP) is 2.24. The van der Waals surface area contributed by atoms with Gasteiger partial charge in [-0.25, -0.2) is 0 Å². The van der Waals surface area contributed by atoms with E-state index in [2.05, 4.69) is 15.7 Å².